The summed E-state index contributed by atoms with van der Waals surface area (Å²) in [5.41, 5.74) is 5.84. The van der Waals surface area contributed by atoms with Gasteiger partial charge in [0.1, 0.15) is 0 Å². The predicted octanol–water partition coefficient (Wildman–Crippen LogP) is 5.51. The van der Waals surface area contributed by atoms with Gasteiger partial charge < -0.3 is 9.80 Å². The number of aromatic nitrogens is 2. The first-order chi connectivity index (χ1) is 17.7. The summed E-state index contributed by atoms with van der Waals surface area (Å²) in [6.07, 6.45) is 4.41. The Balaban J connectivity index is 1.60. The predicted molar refractivity (Wildman–Crippen MR) is 149 cm³/mol. The van der Waals surface area contributed by atoms with Gasteiger partial charge in [-0.3, -0.25) is 9.59 Å². The molecule has 6 nitrogen and oxygen atoms in total. The van der Waals surface area contributed by atoms with Crippen LogP contribution in [0.15, 0.2) is 73.3 Å². The molecule has 6 heteroatoms. The Kier molecular flexibility index (Phi) is 7.48. The monoisotopic (exact) mass is 496 g/mol. The minimum Gasteiger partial charge on any atom is -0.333 e. The average Bonchev–Trinajstić information content (AvgIpc) is 3.32. The maximum atomic E-state index is 13.6. The van der Waals surface area contributed by atoms with Crippen molar-refractivity contribution in [3.63, 3.8) is 0 Å². The van der Waals surface area contributed by atoms with Gasteiger partial charge in [-0.2, -0.15) is 5.10 Å². The van der Waals surface area contributed by atoms with Crippen LogP contribution in [0, 0.1) is 13.8 Å². The van der Waals surface area contributed by atoms with Crippen LogP contribution in [0.25, 0.3) is 5.70 Å². The van der Waals surface area contributed by atoms with E-state index in [0.717, 1.165) is 23.4 Å². The first-order valence-corrected chi connectivity index (χ1v) is 12.8. The number of benzene rings is 2. The Morgan fingerprint density at radius 3 is 2.32 bits per heavy atom. The normalized spacial score (nSPS) is 15.5. The van der Waals surface area contributed by atoms with E-state index in [1.54, 1.807) is 6.08 Å². The summed E-state index contributed by atoms with van der Waals surface area (Å²) in [4.78, 5) is 30.5. The van der Waals surface area contributed by atoms with Gasteiger partial charge in [0.25, 0.3) is 11.8 Å². The van der Waals surface area contributed by atoms with Gasteiger partial charge in [-0.15, -0.1) is 0 Å². The molecule has 37 heavy (non-hydrogen) atoms. The van der Waals surface area contributed by atoms with Crippen molar-refractivity contribution in [2.45, 2.75) is 46.6 Å². The van der Waals surface area contributed by atoms with Gasteiger partial charge in [0.2, 0.25) is 0 Å². The molecule has 0 atom stereocenters. The molecule has 0 saturated carbocycles. The Bertz CT molecular complexity index is 1350. The number of rotatable bonds is 6. The molecule has 1 aliphatic rings. The maximum Gasteiger partial charge on any atom is 0.274 e. The van der Waals surface area contributed by atoms with Crippen LogP contribution in [0.2, 0.25) is 0 Å². The van der Waals surface area contributed by atoms with Crippen molar-refractivity contribution < 1.29 is 9.59 Å². The van der Waals surface area contributed by atoms with Gasteiger partial charge in [-0.05, 0) is 75.6 Å². The van der Waals surface area contributed by atoms with Crippen molar-refractivity contribution in [2.75, 3.05) is 19.6 Å². The first kappa shape index (κ1) is 26.1. The van der Waals surface area contributed by atoms with Gasteiger partial charge in [-0.1, -0.05) is 49.9 Å². The summed E-state index contributed by atoms with van der Waals surface area (Å²) >= 11 is 0. The molecule has 0 aliphatic carbocycles. The number of carbonyl (C=O) groups excluding carboxylic acids is 2. The highest BCUT2D eigenvalue weighted by Crippen LogP contribution is 2.26. The van der Waals surface area contributed by atoms with Crippen LogP contribution in [0.4, 0.5) is 0 Å². The molecule has 0 N–H and O–H groups in total. The Morgan fingerprint density at radius 1 is 0.973 bits per heavy atom. The molecule has 1 aliphatic heterocycles. The van der Waals surface area contributed by atoms with Crippen LogP contribution in [-0.2, 0) is 6.42 Å². The van der Waals surface area contributed by atoms with E-state index in [0.29, 0.717) is 30.9 Å². The highest BCUT2D eigenvalue weighted by molar-refractivity contribution is 5.96. The Morgan fingerprint density at radius 2 is 1.70 bits per heavy atom. The number of carbonyl (C=O) groups is 2. The molecule has 1 fully saturated rings. The summed E-state index contributed by atoms with van der Waals surface area (Å²) in [5, 5.41) is 4.78. The van der Waals surface area contributed by atoms with Crippen molar-refractivity contribution in [1.29, 1.82) is 0 Å². The molecule has 2 heterocycles. The van der Waals surface area contributed by atoms with Gasteiger partial charge in [0.15, 0.2) is 5.69 Å². The van der Waals surface area contributed by atoms with Crippen molar-refractivity contribution in [1.82, 2.24) is 19.6 Å². The molecule has 0 spiro atoms. The Hall–Kier alpha value is -3.93. The molecule has 4 rings (SSSR count). The molecule has 0 unspecified atom stereocenters. The molecule has 1 aromatic heterocycles. The van der Waals surface area contributed by atoms with E-state index < -0.39 is 5.54 Å². The topological polar surface area (TPSA) is 58.4 Å². The third kappa shape index (κ3) is 5.29. The molecule has 2 amide bonds. The maximum absolute atomic E-state index is 13.6. The molecule has 0 radical (unpaired) electrons. The standard InChI is InChI=1S/C31H36N4O2/c1-7-12-28(25-16-15-22(3)23(4)19-25)35-26(8-2)20-27(32-35)30(37)33-17-18-34(31(5,6)21-33)29(36)24-13-10-9-11-14-24/h7,9-16,19-20H,1,8,17-18,21H2,2-6H3/b28-12-. The lowest BCUT2D eigenvalue weighted by molar-refractivity contribution is 0.0166. The summed E-state index contributed by atoms with van der Waals surface area (Å²) < 4.78 is 1.86. The number of hydrogen-bond donors (Lipinski definition) is 0. The molecule has 1 saturated heterocycles. The second-order valence-corrected chi connectivity index (χ2v) is 10.2. The highest BCUT2D eigenvalue weighted by Gasteiger charge is 2.39. The molecule has 3 aromatic rings. The van der Waals surface area contributed by atoms with E-state index in [2.05, 4.69) is 45.5 Å². The lowest BCUT2D eigenvalue weighted by Gasteiger charge is -2.47. The zero-order chi connectivity index (χ0) is 26.7. The van der Waals surface area contributed by atoms with Gasteiger partial charge in [-0.25, -0.2) is 4.68 Å². The van der Waals surface area contributed by atoms with E-state index in [1.165, 1.54) is 11.1 Å². The number of piperazine rings is 1. The fraction of sp³-hybridized carbons (Fsp3) is 0.323. The van der Waals surface area contributed by atoms with Crippen molar-refractivity contribution in [2.24, 2.45) is 0 Å². The third-order valence-electron chi connectivity index (χ3n) is 7.13. The van der Waals surface area contributed by atoms with Crippen molar-refractivity contribution >= 4 is 17.5 Å². The van der Waals surface area contributed by atoms with Crippen molar-refractivity contribution in [3.05, 3.63) is 107 Å². The number of aryl methyl sites for hydroxylation is 3. The Labute approximate surface area is 219 Å². The second kappa shape index (κ2) is 10.6. The summed E-state index contributed by atoms with van der Waals surface area (Å²) in [7, 11) is 0. The zero-order valence-electron chi connectivity index (χ0n) is 22.5. The lowest BCUT2D eigenvalue weighted by Crippen LogP contribution is -2.62. The summed E-state index contributed by atoms with van der Waals surface area (Å²) in [6, 6.07) is 17.5. The van der Waals surface area contributed by atoms with Crippen LogP contribution in [0.3, 0.4) is 0 Å². The largest absolute Gasteiger partial charge is 0.333 e. The SMILES string of the molecule is C=C/C=C(/c1ccc(C)c(C)c1)n1nc(C(=O)N2CCN(C(=O)c3ccccc3)C(C)(C)C2)cc1CC. The minimum atomic E-state index is -0.510. The average molecular weight is 497 g/mol. The molecule has 2 aromatic carbocycles. The molecule has 192 valence electrons. The van der Waals surface area contributed by atoms with Crippen molar-refractivity contribution in [3.8, 4) is 0 Å². The van der Waals surface area contributed by atoms with E-state index in [-0.39, 0.29) is 11.8 Å². The number of nitrogens with zero attached hydrogens (tertiary/aromatic N) is 4. The van der Waals surface area contributed by atoms with Crippen LogP contribution in [0.5, 0.6) is 0 Å². The number of amides is 2. The van der Waals surface area contributed by atoms with Crippen LogP contribution in [0.1, 0.15) is 64.0 Å². The van der Waals surface area contributed by atoms with E-state index in [1.807, 2.05) is 70.8 Å². The minimum absolute atomic E-state index is 0.0113. The molecular weight excluding hydrogens is 460 g/mol. The van der Waals surface area contributed by atoms with E-state index in [4.69, 9.17) is 5.10 Å². The quantitative estimate of drug-likeness (QED) is 0.423. The fourth-order valence-electron chi connectivity index (χ4n) is 4.89. The smallest absolute Gasteiger partial charge is 0.274 e. The fourth-order valence-corrected chi connectivity index (χ4v) is 4.89. The van der Waals surface area contributed by atoms with Gasteiger partial charge >= 0.3 is 0 Å². The van der Waals surface area contributed by atoms with Crippen LogP contribution in [-0.4, -0.2) is 56.6 Å². The lowest BCUT2D eigenvalue weighted by atomic mass is 9.97. The molecule has 0 bridgehead atoms. The summed E-state index contributed by atoms with van der Waals surface area (Å²) in [6.45, 7) is 15.5. The van der Waals surface area contributed by atoms with Gasteiger partial charge in [0, 0.05) is 36.5 Å². The number of hydrogen-bond acceptors (Lipinski definition) is 3. The highest BCUT2D eigenvalue weighted by atomic mass is 16.2. The second-order valence-electron chi connectivity index (χ2n) is 10.2. The first-order valence-electron chi connectivity index (χ1n) is 12.8. The van der Waals surface area contributed by atoms with Gasteiger partial charge in [0.05, 0.1) is 11.2 Å². The summed E-state index contributed by atoms with van der Waals surface area (Å²) in [5.74, 6) is -0.130. The zero-order valence-corrected chi connectivity index (χ0v) is 22.5. The van der Waals surface area contributed by atoms with E-state index >= 15 is 0 Å². The van der Waals surface area contributed by atoms with E-state index in [9.17, 15) is 9.59 Å². The van der Waals surface area contributed by atoms with Crippen LogP contribution < -0.4 is 0 Å². The molecular formula is C31H36N4O2. The third-order valence-corrected chi connectivity index (χ3v) is 7.13. The van der Waals surface area contributed by atoms with Crippen LogP contribution >= 0.6 is 0 Å². The number of allylic oxidation sites excluding steroid dienone is 2.